The van der Waals surface area contributed by atoms with E-state index in [1.165, 1.54) is 10.6 Å². The Hall–Kier alpha value is -1.60. The van der Waals surface area contributed by atoms with Crippen molar-refractivity contribution in [3.05, 3.63) is 29.8 Å². The van der Waals surface area contributed by atoms with Crippen LogP contribution in [0.2, 0.25) is 0 Å². The van der Waals surface area contributed by atoms with Crippen molar-refractivity contribution in [3.8, 4) is 0 Å². The molecule has 0 saturated carbocycles. The maximum Gasteiger partial charge on any atom is 0.232 e. The molecule has 1 aromatic rings. The van der Waals surface area contributed by atoms with Crippen molar-refractivity contribution in [2.75, 3.05) is 43.4 Å². The Morgan fingerprint density at radius 1 is 1.30 bits per heavy atom. The van der Waals surface area contributed by atoms with Crippen LogP contribution in [0.3, 0.4) is 0 Å². The molecule has 2 rings (SSSR count). The van der Waals surface area contributed by atoms with Crippen LogP contribution >= 0.6 is 0 Å². The molecule has 0 radical (unpaired) electrons. The zero-order valence-corrected chi connectivity index (χ0v) is 14.5. The molecule has 1 aliphatic rings. The number of carbonyl (C=O) groups excluding carboxylic acids is 1. The number of benzene rings is 1. The van der Waals surface area contributed by atoms with E-state index >= 15 is 0 Å². The predicted octanol–water partition coefficient (Wildman–Crippen LogP) is 1.40. The zero-order valence-electron chi connectivity index (χ0n) is 13.7. The first-order valence-electron chi connectivity index (χ1n) is 7.78. The topological polar surface area (TPSA) is 66.9 Å². The van der Waals surface area contributed by atoms with Crippen LogP contribution in [0.5, 0.6) is 0 Å². The second-order valence-electron chi connectivity index (χ2n) is 5.77. The number of rotatable bonds is 6. The summed E-state index contributed by atoms with van der Waals surface area (Å²) < 4.78 is 30.7. The summed E-state index contributed by atoms with van der Waals surface area (Å²) in [6.07, 6.45) is 2.04. The second-order valence-corrected chi connectivity index (χ2v) is 7.68. The Balaban J connectivity index is 1.95. The Morgan fingerprint density at radius 2 is 2.00 bits per heavy atom. The molecule has 1 saturated heterocycles. The second kappa shape index (κ2) is 7.79. The molecule has 6 nitrogen and oxygen atoms in total. The van der Waals surface area contributed by atoms with Crippen LogP contribution < -0.4 is 4.31 Å². The van der Waals surface area contributed by atoms with Gasteiger partial charge < -0.3 is 9.64 Å². The van der Waals surface area contributed by atoms with Crippen molar-refractivity contribution >= 4 is 21.6 Å². The van der Waals surface area contributed by atoms with E-state index in [-0.39, 0.29) is 5.91 Å². The number of nitrogens with zero attached hydrogens (tertiary/aromatic N) is 2. The molecule has 0 aromatic heterocycles. The Bertz CT molecular complexity index is 639. The first-order valence-corrected chi connectivity index (χ1v) is 9.62. The lowest BCUT2D eigenvalue weighted by molar-refractivity contribution is -0.135. The lowest BCUT2D eigenvalue weighted by Crippen LogP contribution is -2.41. The average Bonchev–Trinajstić information content (AvgIpc) is 2.51. The quantitative estimate of drug-likeness (QED) is 0.785. The molecular weight excluding hydrogens is 316 g/mol. The van der Waals surface area contributed by atoms with Gasteiger partial charge in [-0.15, -0.1) is 0 Å². The highest BCUT2D eigenvalue weighted by atomic mass is 32.2. The fourth-order valence-electron chi connectivity index (χ4n) is 2.61. The molecule has 1 aliphatic heterocycles. The standard InChI is InChI=1S/C16H24N2O4S/c1-14-5-3-6-15(13-14)18(23(2,20)21)8-4-7-16(19)17-9-11-22-12-10-17/h3,5-6,13H,4,7-12H2,1-2H3. The minimum absolute atomic E-state index is 0.0611. The first kappa shape index (κ1) is 17.7. The van der Waals surface area contributed by atoms with Gasteiger partial charge in [-0.3, -0.25) is 9.10 Å². The predicted molar refractivity (Wildman–Crippen MR) is 90.0 cm³/mol. The molecule has 1 amide bonds. The van der Waals surface area contributed by atoms with Crippen LogP contribution in [-0.2, 0) is 19.6 Å². The van der Waals surface area contributed by atoms with Crippen molar-refractivity contribution < 1.29 is 17.9 Å². The largest absolute Gasteiger partial charge is 0.378 e. The van der Waals surface area contributed by atoms with E-state index in [9.17, 15) is 13.2 Å². The van der Waals surface area contributed by atoms with Crippen LogP contribution in [0.4, 0.5) is 5.69 Å². The van der Waals surface area contributed by atoms with Crippen LogP contribution in [0.15, 0.2) is 24.3 Å². The summed E-state index contributed by atoms with van der Waals surface area (Å²) in [5.74, 6) is 0.0611. The smallest absolute Gasteiger partial charge is 0.232 e. The number of aryl methyl sites for hydroxylation is 1. The van der Waals surface area contributed by atoms with E-state index in [0.29, 0.717) is 51.4 Å². The molecule has 0 aliphatic carbocycles. The van der Waals surface area contributed by atoms with E-state index in [0.717, 1.165) is 5.56 Å². The highest BCUT2D eigenvalue weighted by Gasteiger charge is 2.20. The van der Waals surface area contributed by atoms with E-state index in [1.807, 2.05) is 25.1 Å². The number of amides is 1. The minimum atomic E-state index is -3.37. The molecule has 1 heterocycles. The van der Waals surface area contributed by atoms with Gasteiger partial charge in [-0.05, 0) is 31.0 Å². The number of morpholine rings is 1. The normalized spacial score (nSPS) is 15.5. The molecule has 7 heteroatoms. The van der Waals surface area contributed by atoms with Crippen LogP contribution in [0, 0.1) is 6.92 Å². The lowest BCUT2D eigenvalue weighted by Gasteiger charge is -2.27. The number of ether oxygens (including phenoxy) is 1. The van der Waals surface area contributed by atoms with Gasteiger partial charge in [0.25, 0.3) is 0 Å². The summed E-state index contributed by atoms with van der Waals surface area (Å²) in [5.41, 5.74) is 1.65. The summed E-state index contributed by atoms with van der Waals surface area (Å²) in [6, 6.07) is 7.37. The Morgan fingerprint density at radius 3 is 2.61 bits per heavy atom. The summed E-state index contributed by atoms with van der Waals surface area (Å²) in [7, 11) is -3.37. The van der Waals surface area contributed by atoms with Gasteiger partial charge in [0, 0.05) is 26.1 Å². The number of hydrogen-bond acceptors (Lipinski definition) is 4. The zero-order chi connectivity index (χ0) is 16.9. The molecule has 0 atom stereocenters. The molecule has 0 N–H and O–H groups in total. The maximum absolute atomic E-state index is 12.1. The van der Waals surface area contributed by atoms with E-state index in [2.05, 4.69) is 0 Å². The number of anilines is 1. The highest BCUT2D eigenvalue weighted by Crippen LogP contribution is 2.19. The van der Waals surface area contributed by atoms with Crippen LogP contribution in [0.25, 0.3) is 0 Å². The van der Waals surface area contributed by atoms with E-state index in [4.69, 9.17) is 4.74 Å². The van der Waals surface area contributed by atoms with Gasteiger partial charge in [-0.1, -0.05) is 12.1 Å². The number of carbonyl (C=O) groups is 1. The maximum atomic E-state index is 12.1. The van der Waals surface area contributed by atoms with Crippen LogP contribution in [0.1, 0.15) is 18.4 Å². The van der Waals surface area contributed by atoms with Crippen molar-refractivity contribution in [1.29, 1.82) is 0 Å². The van der Waals surface area contributed by atoms with Crippen molar-refractivity contribution in [2.45, 2.75) is 19.8 Å². The SMILES string of the molecule is Cc1cccc(N(CCCC(=O)N2CCOCC2)S(C)(=O)=O)c1. The first-order chi connectivity index (χ1) is 10.9. The Kier molecular flexibility index (Phi) is 6.01. The van der Waals surface area contributed by atoms with Gasteiger partial charge >= 0.3 is 0 Å². The van der Waals surface area contributed by atoms with Crippen molar-refractivity contribution in [1.82, 2.24) is 4.90 Å². The fourth-order valence-corrected chi connectivity index (χ4v) is 3.57. The summed E-state index contributed by atoms with van der Waals surface area (Å²) in [6.45, 7) is 4.61. The third-order valence-electron chi connectivity index (χ3n) is 3.81. The average molecular weight is 340 g/mol. The van der Waals surface area contributed by atoms with E-state index < -0.39 is 10.0 Å². The molecular formula is C16H24N2O4S. The molecule has 23 heavy (non-hydrogen) atoms. The molecule has 0 spiro atoms. The van der Waals surface area contributed by atoms with Gasteiger partial charge in [0.2, 0.25) is 15.9 Å². The molecule has 1 fully saturated rings. The fraction of sp³-hybridized carbons (Fsp3) is 0.562. The Labute approximate surface area is 138 Å². The van der Waals surface area contributed by atoms with Gasteiger partial charge in [-0.2, -0.15) is 0 Å². The van der Waals surface area contributed by atoms with Crippen molar-refractivity contribution in [2.24, 2.45) is 0 Å². The van der Waals surface area contributed by atoms with Gasteiger partial charge in [0.15, 0.2) is 0 Å². The lowest BCUT2D eigenvalue weighted by atomic mass is 10.2. The van der Waals surface area contributed by atoms with E-state index in [1.54, 1.807) is 11.0 Å². The third kappa shape index (κ3) is 5.21. The third-order valence-corrected chi connectivity index (χ3v) is 5.00. The van der Waals surface area contributed by atoms with Crippen molar-refractivity contribution in [3.63, 3.8) is 0 Å². The molecule has 128 valence electrons. The summed E-state index contributed by atoms with van der Waals surface area (Å²) in [5, 5.41) is 0. The van der Waals surface area contributed by atoms with Gasteiger partial charge in [0.05, 0.1) is 25.2 Å². The highest BCUT2D eigenvalue weighted by molar-refractivity contribution is 7.92. The monoisotopic (exact) mass is 340 g/mol. The summed E-state index contributed by atoms with van der Waals surface area (Å²) in [4.78, 5) is 13.9. The molecule has 0 bridgehead atoms. The van der Waals surface area contributed by atoms with Gasteiger partial charge in [-0.25, -0.2) is 8.42 Å². The summed E-state index contributed by atoms with van der Waals surface area (Å²) >= 11 is 0. The number of hydrogen-bond donors (Lipinski definition) is 0. The molecule has 1 aromatic carbocycles. The number of sulfonamides is 1. The molecule has 0 unspecified atom stereocenters. The minimum Gasteiger partial charge on any atom is -0.378 e. The van der Waals surface area contributed by atoms with Crippen LogP contribution in [-0.4, -0.2) is 58.3 Å². The van der Waals surface area contributed by atoms with Gasteiger partial charge in [0.1, 0.15) is 0 Å².